The van der Waals surface area contributed by atoms with Gasteiger partial charge in [-0.2, -0.15) is 0 Å². The van der Waals surface area contributed by atoms with Crippen molar-refractivity contribution in [2.45, 2.75) is 25.4 Å². The number of β-lactam (4-membered cyclic amide) rings is 1. The van der Waals surface area contributed by atoms with Crippen molar-refractivity contribution in [2.24, 2.45) is 5.92 Å². The maximum absolute atomic E-state index is 12.5. The topological polar surface area (TPSA) is 112 Å². The second-order valence-electron chi connectivity index (χ2n) is 6.71. The van der Waals surface area contributed by atoms with Crippen LogP contribution in [0.5, 0.6) is 0 Å². The molecule has 3 aliphatic rings. The van der Waals surface area contributed by atoms with Gasteiger partial charge in [-0.15, -0.1) is 0 Å². The molecule has 0 saturated carbocycles. The normalized spacial score (nSPS) is 25.7. The minimum atomic E-state index is -1.16. The lowest BCUT2D eigenvalue weighted by atomic mass is 9.79. The Balaban J connectivity index is 1.54. The molecule has 142 valence electrons. The van der Waals surface area contributed by atoms with Crippen LogP contribution in [0.3, 0.4) is 0 Å². The molecule has 0 aliphatic carbocycles. The summed E-state index contributed by atoms with van der Waals surface area (Å²) >= 11 is 0. The van der Waals surface area contributed by atoms with Gasteiger partial charge in [-0.05, 0) is 32.0 Å². The highest BCUT2D eigenvalue weighted by Crippen LogP contribution is 2.46. The Morgan fingerprint density at radius 1 is 1.41 bits per heavy atom. The monoisotopic (exact) mass is 372 g/mol. The number of carbonyl (C=O) groups excluding carboxylic acids is 2. The zero-order valence-electron chi connectivity index (χ0n) is 14.8. The number of rotatable bonds is 5. The lowest BCUT2D eigenvalue weighted by Gasteiger charge is -2.48. The van der Waals surface area contributed by atoms with E-state index >= 15 is 0 Å². The van der Waals surface area contributed by atoms with E-state index in [4.69, 9.17) is 4.74 Å². The Morgan fingerprint density at radius 3 is 2.81 bits per heavy atom. The molecule has 3 aliphatic heterocycles. The van der Waals surface area contributed by atoms with Crippen LogP contribution in [0.25, 0.3) is 0 Å². The molecule has 1 aromatic rings. The lowest BCUT2D eigenvalue weighted by Crippen LogP contribution is -2.72. The second kappa shape index (κ2) is 6.66. The van der Waals surface area contributed by atoms with Crippen LogP contribution < -0.4 is 10.2 Å². The molecule has 0 spiro atoms. The first-order valence-corrected chi connectivity index (χ1v) is 8.91. The highest BCUT2D eigenvalue weighted by atomic mass is 16.6. The highest BCUT2D eigenvalue weighted by molar-refractivity contribution is 6.01. The molecule has 9 heteroatoms. The standard InChI is InChI=1S/C18H20N4O5/c1-2-21(10-3-6-19-7-4-10)18(26)27-9-12-11-5-8-20-13-14(11)22(16(13)23)15(12)17(24)25/h3-4,6-7,11,13-14,20H,2,5,8-9H2,1H3,(H,24,25)/t11?,13-,14+/m0/s1. The van der Waals surface area contributed by atoms with E-state index in [1.165, 1.54) is 9.80 Å². The van der Waals surface area contributed by atoms with Crippen LogP contribution in [0.2, 0.25) is 0 Å². The predicted molar refractivity (Wildman–Crippen MR) is 93.8 cm³/mol. The summed E-state index contributed by atoms with van der Waals surface area (Å²) in [7, 11) is 0. The summed E-state index contributed by atoms with van der Waals surface area (Å²) in [6.45, 7) is 2.71. The molecular weight excluding hydrogens is 352 g/mol. The van der Waals surface area contributed by atoms with Crippen molar-refractivity contribution in [3.8, 4) is 0 Å². The van der Waals surface area contributed by atoms with Gasteiger partial charge >= 0.3 is 12.1 Å². The second-order valence-corrected chi connectivity index (χ2v) is 6.71. The Hall–Kier alpha value is -2.94. The number of carboxylic acid groups (broad SMARTS) is 1. The number of amides is 2. The molecule has 2 fully saturated rings. The van der Waals surface area contributed by atoms with Crippen molar-refractivity contribution in [3.63, 3.8) is 0 Å². The number of ether oxygens (including phenoxy) is 1. The van der Waals surface area contributed by atoms with Gasteiger partial charge in [0.05, 0.1) is 11.7 Å². The summed E-state index contributed by atoms with van der Waals surface area (Å²) in [5, 5.41) is 12.7. The van der Waals surface area contributed by atoms with Gasteiger partial charge in [-0.1, -0.05) is 0 Å². The fraction of sp³-hybridized carbons (Fsp3) is 0.444. The first-order chi connectivity index (χ1) is 13.0. The fourth-order valence-electron chi connectivity index (χ4n) is 4.24. The summed E-state index contributed by atoms with van der Waals surface area (Å²) in [6.07, 6.45) is 3.31. The number of carbonyl (C=O) groups is 3. The van der Waals surface area contributed by atoms with E-state index in [2.05, 4.69) is 10.3 Å². The van der Waals surface area contributed by atoms with Gasteiger partial charge in [-0.3, -0.25) is 19.6 Å². The van der Waals surface area contributed by atoms with Gasteiger partial charge in [-0.25, -0.2) is 9.59 Å². The summed E-state index contributed by atoms with van der Waals surface area (Å²) in [5.41, 5.74) is 1.14. The molecule has 1 unspecified atom stereocenters. The average Bonchev–Trinajstić information content (AvgIpc) is 3.01. The molecule has 3 atom stereocenters. The van der Waals surface area contributed by atoms with Crippen LogP contribution in [-0.4, -0.2) is 64.7 Å². The Bertz CT molecular complexity index is 824. The van der Waals surface area contributed by atoms with Crippen LogP contribution in [0.1, 0.15) is 13.3 Å². The van der Waals surface area contributed by atoms with E-state index in [-0.39, 0.29) is 36.2 Å². The van der Waals surface area contributed by atoms with Crippen molar-refractivity contribution in [2.75, 3.05) is 24.6 Å². The van der Waals surface area contributed by atoms with E-state index in [0.717, 1.165) is 0 Å². The number of nitrogens with zero attached hydrogens (tertiary/aromatic N) is 3. The Labute approximate surface area is 155 Å². The molecule has 2 amide bonds. The zero-order chi connectivity index (χ0) is 19.1. The van der Waals surface area contributed by atoms with Crippen molar-refractivity contribution >= 4 is 23.7 Å². The maximum Gasteiger partial charge on any atom is 0.414 e. The van der Waals surface area contributed by atoms with Crippen molar-refractivity contribution < 1.29 is 24.2 Å². The number of hydrogen-bond acceptors (Lipinski definition) is 6. The molecule has 2 N–H and O–H groups in total. The largest absolute Gasteiger partial charge is 0.477 e. The molecule has 4 heterocycles. The fourth-order valence-corrected chi connectivity index (χ4v) is 4.24. The van der Waals surface area contributed by atoms with Crippen molar-refractivity contribution in [1.29, 1.82) is 0 Å². The number of aromatic nitrogens is 1. The van der Waals surface area contributed by atoms with Gasteiger partial charge in [0.25, 0.3) is 0 Å². The maximum atomic E-state index is 12.5. The lowest BCUT2D eigenvalue weighted by molar-refractivity contribution is -0.154. The van der Waals surface area contributed by atoms with E-state index in [0.29, 0.717) is 30.8 Å². The van der Waals surface area contributed by atoms with Crippen molar-refractivity contribution in [3.05, 3.63) is 35.8 Å². The average molecular weight is 372 g/mol. The first-order valence-electron chi connectivity index (χ1n) is 8.91. The summed E-state index contributed by atoms with van der Waals surface area (Å²) in [6, 6.07) is 2.87. The smallest absolute Gasteiger partial charge is 0.414 e. The van der Waals surface area contributed by atoms with E-state index in [1.54, 1.807) is 24.5 Å². The number of aliphatic carboxylic acids is 1. The number of nitrogens with one attached hydrogen (secondary N) is 1. The SMILES string of the molecule is CCN(C(=O)OCC1=C(C(=O)O)N2C(=O)[C@H]3NCCC1[C@H]32)c1ccncc1. The first kappa shape index (κ1) is 17.5. The van der Waals surface area contributed by atoms with E-state index < -0.39 is 12.1 Å². The van der Waals surface area contributed by atoms with Gasteiger partial charge in [0, 0.05) is 30.4 Å². The molecule has 2 saturated heterocycles. The van der Waals surface area contributed by atoms with Crippen LogP contribution in [0.15, 0.2) is 35.8 Å². The van der Waals surface area contributed by atoms with Gasteiger partial charge in [0.15, 0.2) is 0 Å². The minimum absolute atomic E-state index is 0.0327. The van der Waals surface area contributed by atoms with Crippen LogP contribution in [0.4, 0.5) is 10.5 Å². The summed E-state index contributed by atoms with van der Waals surface area (Å²) in [4.78, 5) is 43.3. The third-order valence-corrected chi connectivity index (χ3v) is 5.43. The molecule has 1 aromatic heterocycles. The summed E-state index contributed by atoms with van der Waals surface area (Å²) < 4.78 is 5.45. The van der Waals surface area contributed by atoms with E-state index in [9.17, 15) is 19.5 Å². The zero-order valence-corrected chi connectivity index (χ0v) is 14.8. The number of anilines is 1. The molecule has 4 rings (SSSR count). The summed E-state index contributed by atoms with van der Waals surface area (Å²) in [5.74, 6) is -1.48. The molecular formula is C18H20N4O5. The van der Waals surface area contributed by atoms with Crippen LogP contribution in [0, 0.1) is 5.92 Å². The third-order valence-electron chi connectivity index (χ3n) is 5.43. The van der Waals surface area contributed by atoms with E-state index in [1.807, 2.05) is 6.92 Å². The highest BCUT2D eigenvalue weighted by Gasteiger charge is 2.61. The Morgan fingerprint density at radius 2 is 2.15 bits per heavy atom. The number of piperidine rings is 1. The predicted octanol–water partition coefficient (Wildman–Crippen LogP) is 0.586. The molecule has 0 radical (unpaired) electrons. The van der Waals surface area contributed by atoms with Gasteiger partial charge < -0.3 is 15.2 Å². The molecule has 27 heavy (non-hydrogen) atoms. The minimum Gasteiger partial charge on any atom is -0.477 e. The quantitative estimate of drug-likeness (QED) is 0.727. The molecule has 0 aromatic carbocycles. The Kier molecular flexibility index (Phi) is 4.31. The molecule has 9 nitrogen and oxygen atoms in total. The van der Waals surface area contributed by atoms with Crippen LogP contribution in [-0.2, 0) is 14.3 Å². The third kappa shape index (κ3) is 2.66. The number of hydrogen-bond donors (Lipinski definition) is 2. The van der Waals surface area contributed by atoms with Gasteiger partial charge in [0.1, 0.15) is 18.3 Å². The number of carboxylic acids is 1. The van der Waals surface area contributed by atoms with Crippen LogP contribution >= 0.6 is 0 Å². The van der Waals surface area contributed by atoms with Gasteiger partial charge in [0.2, 0.25) is 5.91 Å². The van der Waals surface area contributed by atoms with Crippen molar-refractivity contribution in [1.82, 2.24) is 15.2 Å². The molecule has 0 bridgehead atoms. The number of pyridine rings is 1.